The van der Waals surface area contributed by atoms with Crippen LogP contribution in [0.1, 0.15) is 21.7 Å². The lowest BCUT2D eigenvalue weighted by molar-refractivity contribution is 0.0949. The lowest BCUT2D eigenvalue weighted by atomic mass is 10.2. The summed E-state index contributed by atoms with van der Waals surface area (Å²) in [5, 5.41) is 11.5. The van der Waals surface area contributed by atoms with E-state index in [4.69, 9.17) is 5.26 Å². The molecular weight excluding hydrogens is 240 g/mol. The second-order valence-electron chi connectivity index (χ2n) is 3.89. The molecule has 2 aromatic heterocycles. The third-order valence-electron chi connectivity index (χ3n) is 2.52. The Morgan fingerprint density at radius 2 is 2.21 bits per heavy atom. The van der Waals surface area contributed by atoms with E-state index in [1.54, 1.807) is 30.6 Å². The van der Waals surface area contributed by atoms with Crippen LogP contribution in [0.15, 0.2) is 42.7 Å². The number of hydrogen-bond acceptors (Lipinski definition) is 4. The monoisotopic (exact) mass is 252 g/mol. The van der Waals surface area contributed by atoms with Gasteiger partial charge < -0.3 is 5.32 Å². The third-order valence-corrected chi connectivity index (χ3v) is 2.52. The molecule has 5 nitrogen and oxygen atoms in total. The van der Waals surface area contributed by atoms with Gasteiger partial charge in [-0.25, -0.2) is 4.98 Å². The van der Waals surface area contributed by atoms with Gasteiger partial charge in [-0.2, -0.15) is 5.26 Å². The molecule has 0 saturated carbocycles. The van der Waals surface area contributed by atoms with Gasteiger partial charge in [0.25, 0.3) is 5.91 Å². The first kappa shape index (κ1) is 12.7. The van der Waals surface area contributed by atoms with Crippen LogP contribution in [-0.2, 0) is 6.42 Å². The van der Waals surface area contributed by atoms with Crippen molar-refractivity contribution in [1.29, 1.82) is 5.26 Å². The zero-order valence-electron chi connectivity index (χ0n) is 10.2. The first-order valence-corrected chi connectivity index (χ1v) is 5.84. The predicted molar refractivity (Wildman–Crippen MR) is 69.2 cm³/mol. The molecule has 0 saturated heterocycles. The van der Waals surface area contributed by atoms with E-state index in [1.807, 2.05) is 18.2 Å². The topological polar surface area (TPSA) is 78.7 Å². The van der Waals surface area contributed by atoms with Crippen molar-refractivity contribution in [2.45, 2.75) is 6.42 Å². The highest BCUT2D eigenvalue weighted by Gasteiger charge is 2.07. The fraction of sp³-hybridized carbons (Fsp3) is 0.143. The minimum absolute atomic E-state index is 0.236. The van der Waals surface area contributed by atoms with Crippen LogP contribution in [0.2, 0.25) is 0 Å². The summed E-state index contributed by atoms with van der Waals surface area (Å²) in [6.07, 6.45) is 4.18. The summed E-state index contributed by atoms with van der Waals surface area (Å²) in [7, 11) is 0. The molecule has 5 heteroatoms. The average Bonchev–Trinajstić information content (AvgIpc) is 2.48. The maximum absolute atomic E-state index is 11.8. The number of amides is 1. The molecular formula is C14H12N4O. The number of nitrogens with one attached hydrogen (secondary N) is 1. The Hall–Kier alpha value is -2.74. The lowest BCUT2D eigenvalue weighted by Gasteiger charge is -2.04. The Bertz CT molecular complexity index is 604. The van der Waals surface area contributed by atoms with Crippen LogP contribution in [0, 0.1) is 11.3 Å². The van der Waals surface area contributed by atoms with E-state index in [1.165, 1.54) is 0 Å². The summed E-state index contributed by atoms with van der Waals surface area (Å²) < 4.78 is 0. The second kappa shape index (κ2) is 6.26. The molecule has 0 aliphatic heterocycles. The van der Waals surface area contributed by atoms with E-state index in [-0.39, 0.29) is 17.3 Å². The standard InChI is InChI=1S/C14H12N4O/c15-9-12-4-1-5-13(18-12)14(19)17-8-6-11-3-2-7-16-10-11/h1-5,7,10H,6,8H2,(H,17,19). The average molecular weight is 252 g/mol. The molecule has 0 fully saturated rings. The zero-order chi connectivity index (χ0) is 13.5. The molecule has 0 aromatic carbocycles. The van der Waals surface area contributed by atoms with Crippen LogP contribution in [0.25, 0.3) is 0 Å². The van der Waals surface area contributed by atoms with Gasteiger partial charge in [0.2, 0.25) is 0 Å². The Morgan fingerprint density at radius 3 is 2.95 bits per heavy atom. The number of carbonyl (C=O) groups is 1. The highest BCUT2D eigenvalue weighted by molar-refractivity contribution is 5.92. The number of nitrogens with zero attached hydrogens (tertiary/aromatic N) is 3. The summed E-state index contributed by atoms with van der Waals surface area (Å²) >= 11 is 0. The van der Waals surface area contributed by atoms with E-state index >= 15 is 0 Å². The smallest absolute Gasteiger partial charge is 0.269 e. The molecule has 1 amide bonds. The summed E-state index contributed by atoms with van der Waals surface area (Å²) in [4.78, 5) is 19.7. The maximum atomic E-state index is 11.8. The summed E-state index contributed by atoms with van der Waals surface area (Å²) in [5.41, 5.74) is 1.55. The van der Waals surface area contributed by atoms with Gasteiger partial charge in [0.05, 0.1) is 0 Å². The van der Waals surface area contributed by atoms with E-state index in [0.29, 0.717) is 13.0 Å². The fourth-order valence-corrected chi connectivity index (χ4v) is 1.58. The van der Waals surface area contributed by atoms with Crippen molar-refractivity contribution in [2.24, 2.45) is 0 Å². The summed E-state index contributed by atoms with van der Waals surface area (Å²) in [5.74, 6) is -0.277. The van der Waals surface area contributed by atoms with Crippen molar-refractivity contribution >= 4 is 5.91 Å². The Balaban J connectivity index is 1.89. The second-order valence-corrected chi connectivity index (χ2v) is 3.89. The molecule has 0 unspecified atom stereocenters. The normalized spacial score (nSPS) is 9.63. The molecule has 94 valence electrons. The van der Waals surface area contributed by atoms with Gasteiger partial charge in [-0.1, -0.05) is 12.1 Å². The number of pyridine rings is 2. The SMILES string of the molecule is N#Cc1cccc(C(=O)NCCc2cccnc2)n1. The van der Waals surface area contributed by atoms with Crippen molar-refractivity contribution in [3.63, 3.8) is 0 Å². The van der Waals surface area contributed by atoms with Crippen molar-refractivity contribution in [3.05, 3.63) is 59.7 Å². The van der Waals surface area contributed by atoms with E-state index in [2.05, 4.69) is 15.3 Å². The highest BCUT2D eigenvalue weighted by Crippen LogP contribution is 1.99. The van der Waals surface area contributed by atoms with Crippen LogP contribution in [-0.4, -0.2) is 22.4 Å². The third kappa shape index (κ3) is 3.61. The van der Waals surface area contributed by atoms with Gasteiger partial charge in [-0.15, -0.1) is 0 Å². The van der Waals surface area contributed by atoms with Crippen molar-refractivity contribution in [1.82, 2.24) is 15.3 Å². The maximum Gasteiger partial charge on any atom is 0.269 e. The van der Waals surface area contributed by atoms with Crippen molar-refractivity contribution < 1.29 is 4.79 Å². The molecule has 0 bridgehead atoms. The number of rotatable bonds is 4. The minimum Gasteiger partial charge on any atom is -0.350 e. The van der Waals surface area contributed by atoms with Crippen LogP contribution in [0.4, 0.5) is 0 Å². The number of hydrogen-bond donors (Lipinski definition) is 1. The highest BCUT2D eigenvalue weighted by atomic mass is 16.1. The quantitative estimate of drug-likeness (QED) is 0.890. The van der Waals surface area contributed by atoms with Gasteiger partial charge >= 0.3 is 0 Å². The van der Waals surface area contributed by atoms with Crippen LogP contribution < -0.4 is 5.32 Å². The van der Waals surface area contributed by atoms with Crippen LogP contribution in [0.5, 0.6) is 0 Å². The van der Waals surface area contributed by atoms with Gasteiger partial charge in [-0.3, -0.25) is 9.78 Å². The summed E-state index contributed by atoms with van der Waals surface area (Å²) in [6.45, 7) is 0.503. The first-order valence-electron chi connectivity index (χ1n) is 5.84. The van der Waals surface area contributed by atoms with E-state index < -0.39 is 0 Å². The Labute approximate surface area is 110 Å². The molecule has 0 atom stereocenters. The molecule has 0 aliphatic rings. The van der Waals surface area contributed by atoms with Gasteiger partial charge in [0.15, 0.2) is 0 Å². The number of nitriles is 1. The molecule has 2 heterocycles. The van der Waals surface area contributed by atoms with E-state index in [0.717, 1.165) is 5.56 Å². The molecule has 2 rings (SSSR count). The molecule has 0 spiro atoms. The molecule has 0 aliphatic carbocycles. The van der Waals surface area contributed by atoms with Crippen LogP contribution in [0.3, 0.4) is 0 Å². The minimum atomic E-state index is -0.277. The van der Waals surface area contributed by atoms with E-state index in [9.17, 15) is 4.79 Å². The van der Waals surface area contributed by atoms with Gasteiger partial charge in [0.1, 0.15) is 17.5 Å². The number of carbonyl (C=O) groups excluding carboxylic acids is 1. The predicted octanol–water partition coefficient (Wildman–Crippen LogP) is 1.32. The molecule has 1 N–H and O–H groups in total. The molecule has 0 radical (unpaired) electrons. The van der Waals surface area contributed by atoms with Crippen LogP contribution >= 0.6 is 0 Å². The van der Waals surface area contributed by atoms with Gasteiger partial charge in [-0.05, 0) is 30.2 Å². The molecule has 19 heavy (non-hydrogen) atoms. The van der Waals surface area contributed by atoms with Crippen molar-refractivity contribution in [3.8, 4) is 6.07 Å². The molecule has 2 aromatic rings. The van der Waals surface area contributed by atoms with Crippen molar-refractivity contribution in [2.75, 3.05) is 6.54 Å². The Morgan fingerprint density at radius 1 is 1.32 bits per heavy atom. The lowest BCUT2D eigenvalue weighted by Crippen LogP contribution is -2.26. The first-order chi connectivity index (χ1) is 9.29. The number of aromatic nitrogens is 2. The van der Waals surface area contributed by atoms with Gasteiger partial charge in [0, 0.05) is 18.9 Å². The largest absolute Gasteiger partial charge is 0.350 e. The zero-order valence-corrected chi connectivity index (χ0v) is 10.2. The summed E-state index contributed by atoms with van der Waals surface area (Å²) in [6, 6.07) is 10.5. The fourth-order valence-electron chi connectivity index (χ4n) is 1.58. The Kier molecular flexibility index (Phi) is 4.19.